The van der Waals surface area contributed by atoms with Gasteiger partial charge in [0, 0.05) is 5.20 Å². The molecule has 0 heterocycles. The van der Waals surface area contributed by atoms with E-state index >= 15 is 0 Å². The maximum Gasteiger partial charge on any atom is 0.123 e. The lowest BCUT2D eigenvalue weighted by Gasteiger charge is -2.42. The Morgan fingerprint density at radius 2 is 1.40 bits per heavy atom. The summed E-state index contributed by atoms with van der Waals surface area (Å²) >= 11 is 0. The van der Waals surface area contributed by atoms with E-state index < -0.39 is 8.07 Å². The number of hydrogen-bond acceptors (Lipinski definition) is 1. The summed E-state index contributed by atoms with van der Waals surface area (Å²) in [4.78, 5) is 11.1. The first-order valence-electron chi connectivity index (χ1n) is 5.73. The van der Waals surface area contributed by atoms with E-state index in [0.29, 0.717) is 16.6 Å². The molecular weight excluding hydrogens is 200 g/mol. The normalized spacial score (nSPS) is 12.1. The van der Waals surface area contributed by atoms with Crippen LogP contribution in [-0.4, -0.2) is 14.0 Å². The fraction of sp³-hybridized carbons (Fsp3) is 0.692. The first-order valence-corrected chi connectivity index (χ1v) is 7.96. The van der Waals surface area contributed by atoms with Crippen LogP contribution >= 0.6 is 0 Å². The van der Waals surface area contributed by atoms with Gasteiger partial charge in [-0.2, -0.15) is 0 Å². The second-order valence-electron chi connectivity index (χ2n) is 5.12. The molecule has 1 nitrogen and oxygen atoms in total. The lowest BCUT2D eigenvalue weighted by atomic mass is 10.5. The number of hydrogen-bond donors (Lipinski definition) is 0. The molecule has 0 atom stereocenters. The van der Waals surface area contributed by atoms with Gasteiger partial charge in [-0.25, -0.2) is 4.79 Å². The molecule has 0 aromatic carbocycles. The Kier molecular flexibility index (Phi) is 5.26. The molecule has 15 heavy (non-hydrogen) atoms. The topological polar surface area (TPSA) is 17.1 Å². The quantitative estimate of drug-likeness (QED) is 0.389. The monoisotopic (exact) mass is 224 g/mol. The Morgan fingerprint density at radius 3 is 1.47 bits per heavy atom. The van der Waals surface area contributed by atoms with Crippen LogP contribution in [0.3, 0.4) is 0 Å². The number of rotatable bonds is 5. The van der Waals surface area contributed by atoms with Gasteiger partial charge in [0.15, 0.2) is 0 Å². The van der Waals surface area contributed by atoms with Crippen LogP contribution in [-0.2, 0) is 4.79 Å². The average molecular weight is 224 g/mol. The Bertz CT molecular complexity index is 248. The first kappa shape index (κ1) is 14.4. The van der Waals surface area contributed by atoms with Gasteiger partial charge in [0.25, 0.3) is 0 Å². The van der Waals surface area contributed by atoms with Gasteiger partial charge in [-0.1, -0.05) is 54.2 Å². The third-order valence-electron chi connectivity index (χ3n) is 3.65. The molecule has 0 bridgehead atoms. The van der Waals surface area contributed by atoms with Crippen molar-refractivity contribution in [2.24, 2.45) is 0 Å². The van der Waals surface area contributed by atoms with Gasteiger partial charge >= 0.3 is 0 Å². The molecule has 0 aliphatic rings. The highest BCUT2D eigenvalue weighted by molar-refractivity contribution is 6.91. The van der Waals surface area contributed by atoms with Crippen molar-refractivity contribution in [2.75, 3.05) is 0 Å². The van der Waals surface area contributed by atoms with E-state index in [-0.39, 0.29) is 0 Å². The van der Waals surface area contributed by atoms with Crippen LogP contribution in [0.2, 0.25) is 16.6 Å². The molecule has 0 aliphatic carbocycles. The van der Waals surface area contributed by atoms with E-state index in [2.05, 4.69) is 54.1 Å². The first-order chi connectivity index (χ1) is 6.85. The molecule has 0 saturated heterocycles. The van der Waals surface area contributed by atoms with Crippen LogP contribution in [0.5, 0.6) is 0 Å². The highest BCUT2D eigenvalue weighted by Gasteiger charge is 2.45. The van der Waals surface area contributed by atoms with Crippen molar-refractivity contribution in [3.8, 4) is 0 Å². The van der Waals surface area contributed by atoms with Crippen LogP contribution in [0, 0.1) is 0 Å². The molecule has 0 saturated carbocycles. The molecule has 2 heteroatoms. The molecule has 0 amide bonds. The summed E-state index contributed by atoms with van der Waals surface area (Å²) in [6.07, 6.45) is 1.74. The fourth-order valence-electron chi connectivity index (χ4n) is 3.24. The van der Waals surface area contributed by atoms with E-state index in [1.165, 1.54) is 0 Å². The SMILES string of the molecule is C=CC(=C=O)[Si](C(C)C)(C(C)C)C(C)C. The summed E-state index contributed by atoms with van der Waals surface area (Å²) in [6, 6.07) is 0. The largest absolute Gasteiger partial charge is 0.234 e. The second-order valence-corrected chi connectivity index (χ2v) is 11.0. The Morgan fingerprint density at radius 1 is 1.07 bits per heavy atom. The van der Waals surface area contributed by atoms with Crippen molar-refractivity contribution < 1.29 is 4.79 Å². The lowest BCUT2D eigenvalue weighted by molar-refractivity contribution is 0.568. The number of allylic oxidation sites excluding steroid dienone is 2. The molecular formula is C13H24OSi. The third kappa shape index (κ3) is 2.32. The van der Waals surface area contributed by atoms with Crippen molar-refractivity contribution in [1.82, 2.24) is 0 Å². The van der Waals surface area contributed by atoms with Gasteiger partial charge in [0.2, 0.25) is 0 Å². The molecule has 0 unspecified atom stereocenters. The summed E-state index contributed by atoms with van der Waals surface area (Å²) in [5.74, 6) is 2.15. The summed E-state index contributed by atoms with van der Waals surface area (Å²) < 4.78 is 0. The van der Waals surface area contributed by atoms with E-state index in [9.17, 15) is 4.79 Å². The van der Waals surface area contributed by atoms with Crippen molar-refractivity contribution in [2.45, 2.75) is 58.2 Å². The van der Waals surface area contributed by atoms with Crippen molar-refractivity contribution in [3.63, 3.8) is 0 Å². The third-order valence-corrected chi connectivity index (χ3v) is 10.6. The van der Waals surface area contributed by atoms with E-state index in [1.54, 1.807) is 6.08 Å². The maximum absolute atomic E-state index is 11.1. The molecule has 0 radical (unpaired) electrons. The standard InChI is InChI=1S/C13H24OSi/c1-8-13(9-14)15(10(2)3,11(4)5)12(6)7/h8,10-12H,1H2,2-7H3. The van der Waals surface area contributed by atoms with Crippen LogP contribution in [0.25, 0.3) is 0 Å². The maximum atomic E-state index is 11.1. The summed E-state index contributed by atoms with van der Waals surface area (Å²) in [5, 5.41) is 0.863. The molecule has 86 valence electrons. The Labute approximate surface area is 95.3 Å². The summed E-state index contributed by atoms with van der Waals surface area (Å²) in [6.45, 7) is 17.2. The predicted molar refractivity (Wildman–Crippen MR) is 70.5 cm³/mol. The van der Waals surface area contributed by atoms with Gasteiger partial charge < -0.3 is 0 Å². The Balaban J connectivity index is 5.73. The predicted octanol–water partition coefficient (Wildman–Crippen LogP) is 4.15. The summed E-state index contributed by atoms with van der Waals surface area (Å²) in [5.41, 5.74) is 1.64. The molecule has 0 spiro atoms. The summed E-state index contributed by atoms with van der Waals surface area (Å²) in [7, 11) is -1.78. The average Bonchev–Trinajstić information content (AvgIpc) is 2.11. The minimum atomic E-state index is -1.78. The van der Waals surface area contributed by atoms with E-state index in [4.69, 9.17) is 0 Å². The second kappa shape index (κ2) is 5.48. The van der Waals surface area contributed by atoms with Crippen LogP contribution in [0.1, 0.15) is 41.5 Å². The van der Waals surface area contributed by atoms with Crippen LogP contribution in [0.4, 0.5) is 0 Å². The van der Waals surface area contributed by atoms with Gasteiger partial charge in [0.05, 0.1) is 0 Å². The van der Waals surface area contributed by atoms with Crippen molar-refractivity contribution in [1.29, 1.82) is 0 Å². The molecule has 0 aromatic rings. The smallest absolute Gasteiger partial charge is 0.123 e. The van der Waals surface area contributed by atoms with Crippen molar-refractivity contribution >= 4 is 14.0 Å². The molecule has 0 rings (SSSR count). The molecule has 0 aliphatic heterocycles. The zero-order valence-corrected chi connectivity index (χ0v) is 11.9. The number of carbonyl (C=O) groups excluding carboxylic acids is 1. The zero-order chi connectivity index (χ0) is 12.2. The van der Waals surface area contributed by atoms with Crippen molar-refractivity contribution in [3.05, 3.63) is 17.9 Å². The van der Waals surface area contributed by atoms with Gasteiger partial charge in [-0.3, -0.25) is 0 Å². The van der Waals surface area contributed by atoms with Gasteiger partial charge in [-0.05, 0) is 16.6 Å². The fourth-order valence-corrected chi connectivity index (χ4v) is 9.64. The minimum absolute atomic E-state index is 0.548. The zero-order valence-electron chi connectivity index (χ0n) is 10.9. The molecule has 0 fully saturated rings. The molecule has 0 N–H and O–H groups in total. The van der Waals surface area contributed by atoms with E-state index in [0.717, 1.165) is 5.20 Å². The highest BCUT2D eigenvalue weighted by Crippen LogP contribution is 2.45. The van der Waals surface area contributed by atoms with Gasteiger partial charge in [-0.15, -0.1) is 0 Å². The molecule has 0 aromatic heterocycles. The van der Waals surface area contributed by atoms with Gasteiger partial charge in [0.1, 0.15) is 14.0 Å². The van der Waals surface area contributed by atoms with Crippen LogP contribution in [0.15, 0.2) is 17.9 Å². The minimum Gasteiger partial charge on any atom is -0.234 e. The van der Waals surface area contributed by atoms with E-state index in [1.807, 2.05) is 0 Å². The van der Waals surface area contributed by atoms with Crippen LogP contribution < -0.4 is 0 Å². The highest BCUT2D eigenvalue weighted by atomic mass is 28.3. The Hall–Kier alpha value is -0.593. The lowest BCUT2D eigenvalue weighted by Crippen LogP contribution is -2.46.